The van der Waals surface area contributed by atoms with Crippen LogP contribution in [0.3, 0.4) is 0 Å². The summed E-state index contributed by atoms with van der Waals surface area (Å²) in [6.07, 6.45) is 0.397. The third-order valence-electron chi connectivity index (χ3n) is 1.95. The summed E-state index contributed by atoms with van der Waals surface area (Å²) >= 11 is 0. The molecule has 0 amide bonds. The first kappa shape index (κ1) is 6.86. The van der Waals surface area contributed by atoms with Crippen molar-refractivity contribution >= 4 is 0 Å². The second-order valence-electron chi connectivity index (χ2n) is 3.24. The standard InChI is InChI=1S/C10H12O/c1-7-3-8(2)5-9(4-7)10-6-11-10/h3-5,10H,6H2,1-2H3. The minimum absolute atomic E-state index is 0.397. The minimum Gasteiger partial charge on any atom is -0.368 e. The monoisotopic (exact) mass is 148 g/mol. The molecule has 0 radical (unpaired) electrons. The zero-order valence-corrected chi connectivity index (χ0v) is 6.92. The molecule has 1 unspecified atom stereocenters. The van der Waals surface area contributed by atoms with Crippen LogP contribution < -0.4 is 0 Å². The molecular formula is C10H12O. The Bertz CT molecular complexity index is 254. The average Bonchev–Trinajstić information content (AvgIpc) is 2.64. The third-order valence-corrected chi connectivity index (χ3v) is 1.95. The van der Waals surface area contributed by atoms with Crippen LogP contribution in [0.15, 0.2) is 18.2 Å². The quantitative estimate of drug-likeness (QED) is 0.557. The van der Waals surface area contributed by atoms with E-state index in [4.69, 9.17) is 4.74 Å². The van der Waals surface area contributed by atoms with Gasteiger partial charge in [0.25, 0.3) is 0 Å². The molecule has 0 N–H and O–H groups in total. The molecule has 1 heterocycles. The van der Waals surface area contributed by atoms with Crippen molar-refractivity contribution in [2.24, 2.45) is 0 Å². The van der Waals surface area contributed by atoms with Gasteiger partial charge in [-0.2, -0.15) is 0 Å². The first-order valence-electron chi connectivity index (χ1n) is 3.95. The van der Waals surface area contributed by atoms with Gasteiger partial charge in [0.1, 0.15) is 6.10 Å². The highest BCUT2D eigenvalue weighted by Gasteiger charge is 2.24. The Morgan fingerprint density at radius 3 is 2.18 bits per heavy atom. The number of hydrogen-bond acceptors (Lipinski definition) is 1. The Hall–Kier alpha value is -0.820. The Kier molecular flexibility index (Phi) is 1.46. The summed E-state index contributed by atoms with van der Waals surface area (Å²) in [5.74, 6) is 0. The lowest BCUT2D eigenvalue weighted by Crippen LogP contribution is -1.84. The van der Waals surface area contributed by atoms with E-state index in [0.29, 0.717) is 6.10 Å². The molecule has 2 rings (SSSR count). The van der Waals surface area contributed by atoms with Crippen LogP contribution in [0.2, 0.25) is 0 Å². The zero-order chi connectivity index (χ0) is 7.84. The lowest BCUT2D eigenvalue weighted by molar-refractivity contribution is 0.415. The molecular weight excluding hydrogens is 136 g/mol. The van der Waals surface area contributed by atoms with Gasteiger partial charge in [-0.3, -0.25) is 0 Å². The van der Waals surface area contributed by atoms with Crippen LogP contribution in [0.1, 0.15) is 22.8 Å². The lowest BCUT2D eigenvalue weighted by Gasteiger charge is -2.00. The van der Waals surface area contributed by atoms with Crippen molar-refractivity contribution < 1.29 is 4.74 Å². The van der Waals surface area contributed by atoms with Crippen molar-refractivity contribution in [3.63, 3.8) is 0 Å². The van der Waals surface area contributed by atoms with E-state index < -0.39 is 0 Å². The van der Waals surface area contributed by atoms with E-state index in [0.717, 1.165) is 6.61 Å². The molecule has 0 spiro atoms. The maximum atomic E-state index is 5.20. The van der Waals surface area contributed by atoms with Gasteiger partial charge >= 0.3 is 0 Å². The van der Waals surface area contributed by atoms with Gasteiger partial charge in [-0.1, -0.05) is 29.3 Å². The summed E-state index contributed by atoms with van der Waals surface area (Å²) in [7, 11) is 0. The van der Waals surface area contributed by atoms with Crippen molar-refractivity contribution in [3.8, 4) is 0 Å². The lowest BCUT2D eigenvalue weighted by atomic mass is 10.1. The number of aryl methyl sites for hydroxylation is 2. The van der Waals surface area contributed by atoms with E-state index in [-0.39, 0.29) is 0 Å². The van der Waals surface area contributed by atoms with Gasteiger partial charge in [0.15, 0.2) is 0 Å². The molecule has 1 aromatic carbocycles. The van der Waals surface area contributed by atoms with Crippen molar-refractivity contribution in [2.45, 2.75) is 20.0 Å². The van der Waals surface area contributed by atoms with Gasteiger partial charge in [-0.15, -0.1) is 0 Å². The molecule has 1 aromatic rings. The number of hydrogen-bond donors (Lipinski definition) is 0. The van der Waals surface area contributed by atoms with E-state index in [1.165, 1.54) is 16.7 Å². The average molecular weight is 148 g/mol. The molecule has 1 nitrogen and oxygen atoms in total. The highest BCUT2D eigenvalue weighted by Crippen LogP contribution is 2.30. The van der Waals surface area contributed by atoms with Gasteiger partial charge < -0.3 is 4.74 Å². The SMILES string of the molecule is Cc1cc(C)cc(C2CO2)c1. The Labute approximate surface area is 67.0 Å². The topological polar surface area (TPSA) is 12.5 Å². The molecule has 58 valence electrons. The fourth-order valence-electron chi connectivity index (χ4n) is 1.44. The summed E-state index contributed by atoms with van der Waals surface area (Å²) < 4.78 is 5.20. The predicted molar refractivity (Wildman–Crippen MR) is 44.6 cm³/mol. The molecule has 0 aromatic heterocycles. The zero-order valence-electron chi connectivity index (χ0n) is 6.92. The molecule has 1 atom stereocenters. The van der Waals surface area contributed by atoms with Gasteiger partial charge in [0, 0.05) is 0 Å². The second-order valence-corrected chi connectivity index (χ2v) is 3.24. The first-order chi connectivity index (χ1) is 5.25. The van der Waals surface area contributed by atoms with Crippen molar-refractivity contribution in [1.82, 2.24) is 0 Å². The molecule has 0 bridgehead atoms. The molecule has 1 heteroatoms. The number of benzene rings is 1. The Balaban J connectivity index is 2.39. The molecule has 0 aliphatic carbocycles. The first-order valence-corrected chi connectivity index (χ1v) is 3.95. The predicted octanol–water partition coefficient (Wildman–Crippen LogP) is 2.37. The van der Waals surface area contributed by atoms with E-state index in [9.17, 15) is 0 Å². The van der Waals surface area contributed by atoms with Crippen LogP contribution in [-0.2, 0) is 4.74 Å². The number of epoxide rings is 1. The minimum atomic E-state index is 0.397. The number of ether oxygens (including phenoxy) is 1. The van der Waals surface area contributed by atoms with Crippen LogP contribution >= 0.6 is 0 Å². The maximum Gasteiger partial charge on any atom is 0.106 e. The van der Waals surface area contributed by atoms with E-state index in [1.54, 1.807) is 0 Å². The van der Waals surface area contributed by atoms with Crippen LogP contribution in [0.4, 0.5) is 0 Å². The third kappa shape index (κ3) is 1.43. The van der Waals surface area contributed by atoms with Gasteiger partial charge in [-0.25, -0.2) is 0 Å². The van der Waals surface area contributed by atoms with E-state index in [2.05, 4.69) is 32.0 Å². The van der Waals surface area contributed by atoms with Gasteiger partial charge in [-0.05, 0) is 19.4 Å². The number of rotatable bonds is 1. The van der Waals surface area contributed by atoms with Crippen molar-refractivity contribution in [2.75, 3.05) is 6.61 Å². The van der Waals surface area contributed by atoms with Crippen LogP contribution in [0.5, 0.6) is 0 Å². The summed E-state index contributed by atoms with van der Waals surface area (Å²) in [5, 5.41) is 0. The van der Waals surface area contributed by atoms with Gasteiger partial charge in [0.2, 0.25) is 0 Å². The smallest absolute Gasteiger partial charge is 0.106 e. The highest BCUT2D eigenvalue weighted by molar-refractivity contribution is 5.31. The summed E-state index contributed by atoms with van der Waals surface area (Å²) in [6, 6.07) is 6.58. The molecule has 0 saturated carbocycles. The van der Waals surface area contributed by atoms with Crippen LogP contribution in [0, 0.1) is 13.8 Å². The summed E-state index contributed by atoms with van der Waals surface area (Å²) in [6.45, 7) is 5.15. The molecule has 1 aliphatic rings. The molecule has 11 heavy (non-hydrogen) atoms. The normalized spacial score (nSPS) is 21.8. The van der Waals surface area contributed by atoms with Crippen molar-refractivity contribution in [1.29, 1.82) is 0 Å². The fourth-order valence-corrected chi connectivity index (χ4v) is 1.44. The largest absolute Gasteiger partial charge is 0.368 e. The highest BCUT2D eigenvalue weighted by atomic mass is 16.6. The summed E-state index contributed by atoms with van der Waals surface area (Å²) in [4.78, 5) is 0. The van der Waals surface area contributed by atoms with Crippen LogP contribution in [0.25, 0.3) is 0 Å². The van der Waals surface area contributed by atoms with Crippen LogP contribution in [-0.4, -0.2) is 6.61 Å². The fraction of sp³-hybridized carbons (Fsp3) is 0.400. The Morgan fingerprint density at radius 2 is 1.73 bits per heavy atom. The van der Waals surface area contributed by atoms with Gasteiger partial charge in [0.05, 0.1) is 6.61 Å². The molecule has 1 fully saturated rings. The Morgan fingerprint density at radius 1 is 1.18 bits per heavy atom. The van der Waals surface area contributed by atoms with Crippen molar-refractivity contribution in [3.05, 3.63) is 34.9 Å². The van der Waals surface area contributed by atoms with E-state index >= 15 is 0 Å². The molecule has 1 aliphatic heterocycles. The second kappa shape index (κ2) is 2.35. The molecule has 1 saturated heterocycles. The maximum absolute atomic E-state index is 5.20. The summed E-state index contributed by atoms with van der Waals surface area (Å²) in [5.41, 5.74) is 3.99. The van der Waals surface area contributed by atoms with E-state index in [1.807, 2.05) is 0 Å².